The van der Waals surface area contributed by atoms with E-state index < -0.39 is 24.4 Å². The van der Waals surface area contributed by atoms with E-state index in [0.29, 0.717) is 0 Å². The molecular formula is C17H18FIN2O4. The van der Waals surface area contributed by atoms with Gasteiger partial charge in [-0.15, -0.1) is 0 Å². The molecule has 2 aromatic carbocycles. The lowest BCUT2D eigenvalue weighted by Crippen LogP contribution is -2.30. The molecule has 0 heterocycles. The molecule has 6 nitrogen and oxygen atoms in total. The van der Waals surface area contributed by atoms with E-state index in [0.717, 1.165) is 14.8 Å². The normalized spacial score (nSPS) is 11.9. The van der Waals surface area contributed by atoms with Crippen LogP contribution in [0.25, 0.3) is 0 Å². The lowest BCUT2D eigenvalue weighted by atomic mass is 10.1. The molecule has 0 radical (unpaired) electrons. The van der Waals surface area contributed by atoms with Crippen molar-refractivity contribution in [1.29, 1.82) is 0 Å². The third-order valence-corrected chi connectivity index (χ3v) is 4.01. The molecule has 1 amide bonds. The molecule has 2 rings (SSSR count). The number of aliphatic hydroxyl groups is 2. The van der Waals surface area contributed by atoms with E-state index in [9.17, 15) is 14.3 Å². The van der Waals surface area contributed by atoms with E-state index in [1.807, 2.05) is 25.1 Å². The molecule has 0 bridgehead atoms. The number of rotatable bonds is 7. The van der Waals surface area contributed by atoms with Crippen LogP contribution >= 0.6 is 22.6 Å². The molecule has 0 aliphatic rings. The summed E-state index contributed by atoms with van der Waals surface area (Å²) in [5.74, 6) is -1.09. The van der Waals surface area contributed by atoms with Crippen molar-refractivity contribution in [1.82, 2.24) is 5.48 Å². The topological polar surface area (TPSA) is 90.8 Å². The van der Waals surface area contributed by atoms with Crippen LogP contribution in [0.1, 0.15) is 15.9 Å². The predicted molar refractivity (Wildman–Crippen MR) is 100 cm³/mol. The van der Waals surface area contributed by atoms with E-state index in [1.165, 1.54) is 18.2 Å². The van der Waals surface area contributed by atoms with Gasteiger partial charge in [0.25, 0.3) is 5.91 Å². The average Bonchev–Trinajstić information content (AvgIpc) is 2.57. The van der Waals surface area contributed by atoms with Crippen LogP contribution in [0.4, 0.5) is 15.8 Å². The van der Waals surface area contributed by atoms with Gasteiger partial charge >= 0.3 is 0 Å². The van der Waals surface area contributed by atoms with Gasteiger partial charge in [0.05, 0.1) is 17.9 Å². The van der Waals surface area contributed by atoms with Crippen molar-refractivity contribution in [2.75, 3.05) is 18.5 Å². The van der Waals surface area contributed by atoms with Gasteiger partial charge in [0.2, 0.25) is 0 Å². The zero-order valence-corrected chi connectivity index (χ0v) is 15.6. The molecule has 2 aromatic rings. The fourth-order valence-corrected chi connectivity index (χ4v) is 2.69. The first-order chi connectivity index (χ1) is 11.9. The number of nitrogens with one attached hydrogen (secondary N) is 2. The monoisotopic (exact) mass is 460 g/mol. The lowest BCUT2D eigenvalue weighted by Gasteiger charge is -2.15. The first-order valence-corrected chi connectivity index (χ1v) is 8.52. The smallest absolute Gasteiger partial charge is 0.276 e. The number of benzene rings is 2. The van der Waals surface area contributed by atoms with Gasteiger partial charge in [-0.25, -0.2) is 9.87 Å². The molecule has 1 atom stereocenters. The number of amides is 1. The van der Waals surface area contributed by atoms with Crippen LogP contribution in [-0.4, -0.2) is 35.4 Å². The van der Waals surface area contributed by atoms with Crippen LogP contribution < -0.4 is 10.8 Å². The van der Waals surface area contributed by atoms with Crippen LogP contribution in [0, 0.1) is 16.3 Å². The van der Waals surface area contributed by atoms with Gasteiger partial charge in [0, 0.05) is 9.26 Å². The summed E-state index contributed by atoms with van der Waals surface area (Å²) < 4.78 is 14.7. The van der Waals surface area contributed by atoms with Gasteiger partial charge in [0.1, 0.15) is 18.5 Å². The first kappa shape index (κ1) is 19.6. The van der Waals surface area contributed by atoms with Crippen LogP contribution in [0.5, 0.6) is 0 Å². The Kier molecular flexibility index (Phi) is 7.12. The SMILES string of the molecule is Cc1cc(I)ccc1Nc1cc(F)ccc1C(=O)NOCC(O)CO. The Hall–Kier alpha value is -1.75. The van der Waals surface area contributed by atoms with Crippen molar-refractivity contribution in [2.24, 2.45) is 0 Å². The highest BCUT2D eigenvalue weighted by atomic mass is 127. The van der Waals surface area contributed by atoms with E-state index in [4.69, 9.17) is 9.94 Å². The molecule has 0 saturated carbocycles. The standard InChI is InChI=1S/C17H18FIN2O4/c1-10-6-12(19)3-5-15(10)20-16-7-11(18)2-4-14(16)17(24)21-25-9-13(23)8-22/h2-7,13,20,22-23H,8-9H2,1H3,(H,21,24). The second-order valence-corrected chi connectivity index (χ2v) is 6.60. The molecule has 0 aliphatic heterocycles. The van der Waals surface area contributed by atoms with Crippen molar-refractivity contribution in [3.05, 3.63) is 56.9 Å². The molecule has 0 aliphatic carbocycles. The maximum Gasteiger partial charge on any atom is 0.276 e. The van der Waals surface area contributed by atoms with Crippen molar-refractivity contribution >= 4 is 39.9 Å². The summed E-state index contributed by atoms with van der Waals surface area (Å²) in [5, 5.41) is 20.9. The number of halogens is 2. The number of hydrogen-bond acceptors (Lipinski definition) is 5. The third kappa shape index (κ3) is 5.63. The van der Waals surface area contributed by atoms with Gasteiger partial charge < -0.3 is 15.5 Å². The van der Waals surface area contributed by atoms with Crippen molar-refractivity contribution in [3.8, 4) is 0 Å². The fourth-order valence-electron chi connectivity index (χ4n) is 2.04. The molecule has 25 heavy (non-hydrogen) atoms. The zero-order valence-electron chi connectivity index (χ0n) is 13.4. The maximum atomic E-state index is 13.6. The number of hydrogen-bond donors (Lipinski definition) is 4. The minimum Gasteiger partial charge on any atom is -0.394 e. The summed E-state index contributed by atoms with van der Waals surface area (Å²) in [6.45, 7) is 1.16. The number of carbonyl (C=O) groups is 1. The van der Waals surface area contributed by atoms with Crippen molar-refractivity contribution in [2.45, 2.75) is 13.0 Å². The van der Waals surface area contributed by atoms with E-state index in [2.05, 4.69) is 33.4 Å². The molecule has 0 spiro atoms. The molecular weight excluding hydrogens is 442 g/mol. The number of carbonyl (C=O) groups excluding carboxylic acids is 1. The molecule has 0 fully saturated rings. The predicted octanol–water partition coefficient (Wildman–Crippen LogP) is 2.50. The fraction of sp³-hybridized carbons (Fsp3) is 0.235. The summed E-state index contributed by atoms with van der Waals surface area (Å²) in [6.07, 6.45) is -1.10. The van der Waals surface area contributed by atoms with Gasteiger partial charge in [0.15, 0.2) is 0 Å². The summed E-state index contributed by atoms with van der Waals surface area (Å²) in [5.41, 5.74) is 4.32. The van der Waals surface area contributed by atoms with E-state index in [-0.39, 0.29) is 17.9 Å². The quantitative estimate of drug-likeness (QED) is 0.377. The third-order valence-electron chi connectivity index (χ3n) is 3.34. The average molecular weight is 460 g/mol. The van der Waals surface area contributed by atoms with Crippen LogP contribution in [0.2, 0.25) is 0 Å². The summed E-state index contributed by atoms with van der Waals surface area (Å²) in [7, 11) is 0. The van der Waals surface area contributed by atoms with Crippen molar-refractivity contribution < 1.29 is 24.2 Å². The number of hydroxylamine groups is 1. The van der Waals surface area contributed by atoms with Crippen molar-refractivity contribution in [3.63, 3.8) is 0 Å². The Morgan fingerprint density at radius 1 is 1.28 bits per heavy atom. The summed E-state index contributed by atoms with van der Waals surface area (Å²) in [4.78, 5) is 17.1. The Labute approximate surface area is 158 Å². The van der Waals surface area contributed by atoms with Crippen LogP contribution in [0.15, 0.2) is 36.4 Å². The lowest BCUT2D eigenvalue weighted by molar-refractivity contribution is -0.0295. The Morgan fingerprint density at radius 2 is 2.04 bits per heavy atom. The number of aliphatic hydroxyl groups excluding tert-OH is 2. The van der Waals surface area contributed by atoms with Crippen LogP contribution in [0.3, 0.4) is 0 Å². The highest BCUT2D eigenvalue weighted by molar-refractivity contribution is 14.1. The van der Waals surface area contributed by atoms with Gasteiger partial charge in [-0.2, -0.15) is 0 Å². The number of anilines is 2. The van der Waals surface area contributed by atoms with Gasteiger partial charge in [-0.1, -0.05) is 0 Å². The molecule has 0 saturated heterocycles. The zero-order chi connectivity index (χ0) is 18.4. The largest absolute Gasteiger partial charge is 0.394 e. The minimum absolute atomic E-state index is 0.179. The molecule has 4 N–H and O–H groups in total. The van der Waals surface area contributed by atoms with E-state index >= 15 is 0 Å². The van der Waals surface area contributed by atoms with Gasteiger partial charge in [-0.3, -0.25) is 9.63 Å². The Morgan fingerprint density at radius 3 is 2.72 bits per heavy atom. The first-order valence-electron chi connectivity index (χ1n) is 7.44. The van der Waals surface area contributed by atoms with E-state index in [1.54, 1.807) is 0 Å². The molecule has 134 valence electrons. The highest BCUT2D eigenvalue weighted by Crippen LogP contribution is 2.25. The van der Waals surface area contributed by atoms with Crippen LogP contribution in [-0.2, 0) is 4.84 Å². The molecule has 0 aromatic heterocycles. The Balaban J connectivity index is 2.17. The maximum absolute atomic E-state index is 13.6. The Bertz CT molecular complexity index is 757. The second kappa shape index (κ2) is 9.09. The number of aryl methyl sites for hydroxylation is 1. The molecule has 1 unspecified atom stereocenters. The van der Waals surface area contributed by atoms with Gasteiger partial charge in [-0.05, 0) is 71.5 Å². The second-order valence-electron chi connectivity index (χ2n) is 5.35. The summed E-state index contributed by atoms with van der Waals surface area (Å²) >= 11 is 2.19. The molecule has 8 heteroatoms. The summed E-state index contributed by atoms with van der Waals surface area (Å²) in [6, 6.07) is 9.42. The highest BCUT2D eigenvalue weighted by Gasteiger charge is 2.14. The minimum atomic E-state index is -1.10.